The van der Waals surface area contributed by atoms with E-state index in [1.165, 1.54) is 5.01 Å². The van der Waals surface area contributed by atoms with Crippen molar-refractivity contribution in [3.8, 4) is 0 Å². The molecule has 0 atom stereocenters. The Morgan fingerprint density at radius 2 is 1.36 bits per heavy atom. The summed E-state index contributed by atoms with van der Waals surface area (Å²) in [5, 5.41) is 1.81. The fraction of sp³-hybridized carbons (Fsp3) is 0.304. The third-order valence-electron chi connectivity index (χ3n) is 5.49. The van der Waals surface area contributed by atoms with Crippen LogP contribution in [-0.4, -0.2) is 29.9 Å². The summed E-state index contributed by atoms with van der Waals surface area (Å²) >= 11 is 0. The quantitative estimate of drug-likeness (QED) is 0.437. The fourth-order valence-corrected chi connectivity index (χ4v) is 3.75. The number of hydrazine groups is 1. The van der Waals surface area contributed by atoms with Gasteiger partial charge in [0.15, 0.2) is 0 Å². The number of carbonyl (C=O) groups is 2. The first-order valence-electron chi connectivity index (χ1n) is 10.5. The van der Waals surface area contributed by atoms with Crippen LogP contribution in [-0.2, 0) is 21.9 Å². The molecule has 0 saturated carbocycles. The number of hydrogen-bond acceptors (Lipinski definition) is 3. The Bertz CT molecular complexity index is 1120. The Balaban J connectivity index is 2.07. The van der Waals surface area contributed by atoms with Crippen LogP contribution in [0.15, 0.2) is 42.5 Å². The number of alkyl halides is 6. The minimum Gasteiger partial charge on any atom is -0.369 e. The molecule has 194 valence electrons. The van der Waals surface area contributed by atoms with Crippen LogP contribution in [0.5, 0.6) is 0 Å². The maximum Gasteiger partial charge on any atom is 0.416 e. The number of amides is 2. The Labute approximate surface area is 199 Å². The number of rotatable bonds is 5. The fourth-order valence-electron chi connectivity index (χ4n) is 3.75. The lowest BCUT2D eigenvalue weighted by Crippen LogP contribution is -2.51. The van der Waals surface area contributed by atoms with Gasteiger partial charge >= 0.3 is 12.4 Å². The standard InChI is InChI=1S/C23H19F8N3O2/c24-17-7-13(8-18(25)12-17)1-2-20(35)34(33-5-3-14(4-6-33)21(32)36)19-10-15(22(26,27)28)9-16(11-19)23(29,30)31/h1-2,7-12,14H,3-6H2,(H2,32,36)/b2-1+. The molecule has 36 heavy (non-hydrogen) atoms. The molecule has 1 heterocycles. The highest BCUT2D eigenvalue weighted by atomic mass is 19.4. The van der Waals surface area contributed by atoms with Gasteiger partial charge in [-0.3, -0.25) is 9.59 Å². The van der Waals surface area contributed by atoms with Crippen LogP contribution in [0.25, 0.3) is 6.08 Å². The second-order valence-corrected chi connectivity index (χ2v) is 8.08. The molecule has 2 amide bonds. The third-order valence-corrected chi connectivity index (χ3v) is 5.49. The van der Waals surface area contributed by atoms with Crippen LogP contribution >= 0.6 is 0 Å². The van der Waals surface area contributed by atoms with Gasteiger partial charge in [0, 0.05) is 31.1 Å². The average molecular weight is 521 g/mol. The smallest absolute Gasteiger partial charge is 0.369 e. The zero-order valence-corrected chi connectivity index (χ0v) is 18.3. The van der Waals surface area contributed by atoms with E-state index >= 15 is 0 Å². The van der Waals surface area contributed by atoms with Crippen molar-refractivity contribution in [2.45, 2.75) is 25.2 Å². The van der Waals surface area contributed by atoms with E-state index in [1.54, 1.807) is 0 Å². The molecule has 0 aliphatic carbocycles. The normalized spacial score (nSPS) is 15.9. The average Bonchev–Trinajstić information content (AvgIpc) is 2.76. The predicted molar refractivity (Wildman–Crippen MR) is 113 cm³/mol. The van der Waals surface area contributed by atoms with Gasteiger partial charge in [0.1, 0.15) is 11.6 Å². The zero-order chi connectivity index (χ0) is 26.8. The van der Waals surface area contributed by atoms with Crippen LogP contribution in [0.4, 0.5) is 40.8 Å². The number of nitrogens with zero attached hydrogens (tertiary/aromatic N) is 2. The lowest BCUT2D eigenvalue weighted by molar-refractivity contribution is -0.143. The molecule has 0 unspecified atom stereocenters. The summed E-state index contributed by atoms with van der Waals surface area (Å²) in [6.45, 7) is -0.168. The van der Waals surface area contributed by atoms with Gasteiger partial charge in [-0.05, 0) is 54.8 Å². The number of primary amides is 1. The molecule has 3 rings (SSSR count). The van der Waals surface area contributed by atoms with Crippen LogP contribution in [0.1, 0.15) is 29.5 Å². The van der Waals surface area contributed by atoms with E-state index in [9.17, 15) is 44.7 Å². The maximum atomic E-state index is 13.5. The minimum atomic E-state index is -5.15. The van der Waals surface area contributed by atoms with E-state index in [4.69, 9.17) is 5.73 Å². The highest BCUT2D eigenvalue weighted by Crippen LogP contribution is 2.39. The molecule has 1 saturated heterocycles. The number of carbonyl (C=O) groups excluding carboxylic acids is 2. The predicted octanol–water partition coefficient (Wildman–Crippen LogP) is 5.16. The summed E-state index contributed by atoms with van der Waals surface area (Å²) in [7, 11) is 0. The SMILES string of the molecule is NC(=O)C1CCN(N(C(=O)/C=C/c2cc(F)cc(F)c2)c2cc(C(F)(F)F)cc(C(F)(F)F)c2)CC1. The lowest BCUT2D eigenvalue weighted by atomic mass is 9.97. The van der Waals surface area contributed by atoms with Crippen LogP contribution in [0.3, 0.4) is 0 Å². The lowest BCUT2D eigenvalue weighted by Gasteiger charge is -2.39. The van der Waals surface area contributed by atoms with Crippen molar-refractivity contribution in [1.82, 2.24) is 5.01 Å². The van der Waals surface area contributed by atoms with E-state index in [2.05, 4.69) is 0 Å². The van der Waals surface area contributed by atoms with E-state index < -0.39 is 58.5 Å². The molecule has 0 bridgehead atoms. The Morgan fingerprint density at radius 3 is 1.81 bits per heavy atom. The maximum absolute atomic E-state index is 13.5. The first-order chi connectivity index (χ1) is 16.6. The van der Waals surface area contributed by atoms with Crippen LogP contribution in [0, 0.1) is 17.6 Å². The number of piperidine rings is 1. The molecular formula is C23H19F8N3O2. The number of nitrogens with two attached hydrogens (primary N) is 1. The molecule has 1 fully saturated rings. The van der Waals surface area contributed by atoms with Gasteiger partial charge in [-0.25, -0.2) is 18.8 Å². The molecular weight excluding hydrogens is 502 g/mol. The summed E-state index contributed by atoms with van der Waals surface area (Å²) in [5.74, 6) is -4.21. The molecule has 2 aromatic carbocycles. The number of hydrogen-bond donors (Lipinski definition) is 1. The monoisotopic (exact) mass is 521 g/mol. The van der Waals surface area contributed by atoms with Gasteiger partial charge in [0.05, 0.1) is 16.8 Å². The molecule has 1 aliphatic rings. The number of halogens is 8. The molecule has 2 N–H and O–H groups in total. The summed E-state index contributed by atoms with van der Waals surface area (Å²) in [6, 6.07) is 3.04. The molecule has 1 aliphatic heterocycles. The molecule has 0 radical (unpaired) electrons. The van der Waals surface area contributed by atoms with E-state index in [1.807, 2.05) is 0 Å². The van der Waals surface area contributed by atoms with Crippen molar-refractivity contribution in [3.05, 3.63) is 70.8 Å². The van der Waals surface area contributed by atoms with Crippen molar-refractivity contribution >= 4 is 23.6 Å². The van der Waals surface area contributed by atoms with Crippen molar-refractivity contribution in [2.24, 2.45) is 11.7 Å². The highest BCUT2D eigenvalue weighted by Gasteiger charge is 2.39. The highest BCUT2D eigenvalue weighted by molar-refractivity contribution is 6.03. The van der Waals surface area contributed by atoms with Gasteiger partial charge in [-0.15, -0.1) is 0 Å². The van der Waals surface area contributed by atoms with Gasteiger partial charge in [0.2, 0.25) is 5.91 Å². The summed E-state index contributed by atoms with van der Waals surface area (Å²) in [5.41, 5.74) is 1.18. The van der Waals surface area contributed by atoms with Crippen molar-refractivity contribution < 1.29 is 44.7 Å². The second kappa shape index (κ2) is 10.2. The summed E-state index contributed by atoms with van der Waals surface area (Å²) in [6.07, 6.45) is -8.37. The molecule has 2 aromatic rings. The first kappa shape index (κ1) is 27.1. The van der Waals surface area contributed by atoms with Gasteiger partial charge < -0.3 is 5.73 Å². The minimum absolute atomic E-state index is 0.0726. The van der Waals surface area contributed by atoms with Crippen molar-refractivity contribution in [2.75, 3.05) is 18.1 Å². The summed E-state index contributed by atoms with van der Waals surface area (Å²) in [4.78, 5) is 24.5. The third kappa shape index (κ3) is 6.59. The van der Waals surface area contributed by atoms with Crippen molar-refractivity contribution in [3.63, 3.8) is 0 Å². The second-order valence-electron chi connectivity index (χ2n) is 8.08. The molecule has 0 spiro atoms. The molecule has 13 heteroatoms. The Kier molecular flexibility index (Phi) is 7.72. The number of anilines is 1. The van der Waals surface area contributed by atoms with E-state index in [0.29, 0.717) is 23.2 Å². The van der Waals surface area contributed by atoms with Gasteiger partial charge in [-0.1, -0.05) is 0 Å². The molecule has 0 aromatic heterocycles. The summed E-state index contributed by atoms with van der Waals surface area (Å²) < 4.78 is 107. The number of benzene rings is 2. The first-order valence-corrected chi connectivity index (χ1v) is 10.5. The van der Waals surface area contributed by atoms with E-state index in [0.717, 1.165) is 24.3 Å². The molecule has 5 nitrogen and oxygen atoms in total. The zero-order valence-electron chi connectivity index (χ0n) is 18.3. The van der Waals surface area contributed by atoms with Crippen molar-refractivity contribution in [1.29, 1.82) is 0 Å². The van der Waals surface area contributed by atoms with Crippen LogP contribution in [0.2, 0.25) is 0 Å². The Hall–Kier alpha value is -3.48. The topological polar surface area (TPSA) is 66.6 Å². The van der Waals surface area contributed by atoms with Gasteiger partial charge in [-0.2, -0.15) is 26.3 Å². The largest absolute Gasteiger partial charge is 0.416 e. The van der Waals surface area contributed by atoms with Crippen LogP contribution < -0.4 is 10.7 Å². The Morgan fingerprint density at radius 1 is 0.861 bits per heavy atom. The van der Waals surface area contributed by atoms with E-state index in [-0.39, 0.29) is 37.6 Å². The van der Waals surface area contributed by atoms with Gasteiger partial charge in [0.25, 0.3) is 5.91 Å².